The monoisotopic (exact) mass is 310 g/mol. The van der Waals surface area contributed by atoms with Crippen molar-refractivity contribution in [1.82, 2.24) is 10.6 Å². The molecule has 7 nitrogen and oxygen atoms in total. The lowest BCUT2D eigenvalue weighted by Gasteiger charge is -2.16. The van der Waals surface area contributed by atoms with Crippen LogP contribution in [0.5, 0.6) is 0 Å². The molecule has 1 rings (SSSR count). The highest BCUT2D eigenvalue weighted by molar-refractivity contribution is 5.97. The molecule has 0 saturated heterocycles. The van der Waals surface area contributed by atoms with Crippen LogP contribution in [0, 0.1) is 19.8 Å². The lowest BCUT2D eigenvalue weighted by atomic mass is 10.0. The van der Waals surface area contributed by atoms with E-state index >= 15 is 0 Å². The normalized spacial score (nSPS) is 12.0. The number of furan rings is 1. The van der Waals surface area contributed by atoms with Crippen molar-refractivity contribution in [2.45, 2.75) is 40.2 Å². The van der Waals surface area contributed by atoms with Crippen LogP contribution < -0.4 is 10.6 Å². The van der Waals surface area contributed by atoms with Gasteiger partial charge < -0.3 is 20.2 Å². The van der Waals surface area contributed by atoms with Gasteiger partial charge in [-0.15, -0.1) is 0 Å². The Morgan fingerprint density at radius 2 is 1.91 bits per heavy atom. The SMILES string of the molecule is Cc1cc(C(=O)NCC(=O)N[C@@H](CC(C)C)C(=O)O)c(C)o1. The fourth-order valence-electron chi connectivity index (χ4n) is 2.05. The molecule has 0 spiro atoms. The van der Waals surface area contributed by atoms with Crippen molar-refractivity contribution in [2.75, 3.05) is 6.54 Å². The minimum Gasteiger partial charge on any atom is -0.480 e. The Kier molecular flexibility index (Phi) is 6.15. The summed E-state index contributed by atoms with van der Waals surface area (Å²) in [5.41, 5.74) is 0.363. The number of hydrogen-bond donors (Lipinski definition) is 3. The summed E-state index contributed by atoms with van der Waals surface area (Å²) in [7, 11) is 0. The number of carboxylic acids is 1. The number of carboxylic acid groups (broad SMARTS) is 1. The Balaban J connectivity index is 2.53. The third-order valence-electron chi connectivity index (χ3n) is 3.04. The molecule has 22 heavy (non-hydrogen) atoms. The van der Waals surface area contributed by atoms with Crippen LogP contribution in [0.2, 0.25) is 0 Å². The molecule has 0 fully saturated rings. The van der Waals surface area contributed by atoms with Crippen molar-refractivity contribution >= 4 is 17.8 Å². The number of amides is 2. The Bertz CT molecular complexity index is 562. The molecule has 122 valence electrons. The first-order chi connectivity index (χ1) is 10.2. The zero-order chi connectivity index (χ0) is 16.9. The van der Waals surface area contributed by atoms with Gasteiger partial charge in [-0.2, -0.15) is 0 Å². The van der Waals surface area contributed by atoms with Crippen molar-refractivity contribution < 1.29 is 23.9 Å². The van der Waals surface area contributed by atoms with Gasteiger partial charge in [0.15, 0.2) is 0 Å². The summed E-state index contributed by atoms with van der Waals surface area (Å²) >= 11 is 0. The highest BCUT2D eigenvalue weighted by Gasteiger charge is 2.21. The van der Waals surface area contributed by atoms with Crippen LogP contribution in [0.15, 0.2) is 10.5 Å². The molecule has 0 radical (unpaired) electrons. The number of carbonyl (C=O) groups excluding carboxylic acids is 2. The number of nitrogens with one attached hydrogen (secondary N) is 2. The maximum absolute atomic E-state index is 11.9. The minimum atomic E-state index is -1.09. The maximum Gasteiger partial charge on any atom is 0.326 e. The van der Waals surface area contributed by atoms with E-state index in [9.17, 15) is 14.4 Å². The topological polar surface area (TPSA) is 109 Å². The Labute approximate surface area is 129 Å². The van der Waals surface area contributed by atoms with E-state index < -0.39 is 23.8 Å². The Hall–Kier alpha value is -2.31. The number of aryl methyl sites for hydroxylation is 2. The van der Waals surface area contributed by atoms with Gasteiger partial charge >= 0.3 is 5.97 Å². The van der Waals surface area contributed by atoms with E-state index in [1.807, 2.05) is 13.8 Å². The molecule has 0 saturated carbocycles. The molecule has 0 aliphatic rings. The van der Waals surface area contributed by atoms with Gasteiger partial charge in [-0.3, -0.25) is 9.59 Å². The van der Waals surface area contributed by atoms with Gasteiger partial charge in [-0.25, -0.2) is 4.79 Å². The zero-order valence-corrected chi connectivity index (χ0v) is 13.2. The molecule has 1 heterocycles. The van der Waals surface area contributed by atoms with Crippen LogP contribution in [-0.2, 0) is 9.59 Å². The van der Waals surface area contributed by atoms with Gasteiger partial charge in [-0.05, 0) is 32.3 Å². The molecule has 7 heteroatoms. The van der Waals surface area contributed by atoms with Gasteiger partial charge in [0.25, 0.3) is 5.91 Å². The van der Waals surface area contributed by atoms with Crippen molar-refractivity contribution in [1.29, 1.82) is 0 Å². The van der Waals surface area contributed by atoms with E-state index in [0.717, 1.165) is 0 Å². The first-order valence-electron chi connectivity index (χ1n) is 7.08. The van der Waals surface area contributed by atoms with Crippen molar-refractivity contribution in [2.24, 2.45) is 5.92 Å². The largest absolute Gasteiger partial charge is 0.480 e. The molecule has 0 aliphatic carbocycles. The lowest BCUT2D eigenvalue weighted by Crippen LogP contribution is -2.46. The van der Waals surface area contributed by atoms with Crippen LogP contribution in [0.4, 0.5) is 0 Å². The highest BCUT2D eigenvalue weighted by Crippen LogP contribution is 2.13. The second-order valence-electron chi connectivity index (χ2n) is 5.60. The van der Waals surface area contributed by atoms with Gasteiger partial charge in [0, 0.05) is 0 Å². The maximum atomic E-state index is 11.9. The Morgan fingerprint density at radius 1 is 1.27 bits per heavy atom. The Morgan fingerprint density at radius 3 is 2.36 bits per heavy atom. The summed E-state index contributed by atoms with van der Waals surface area (Å²) in [4.78, 5) is 34.7. The summed E-state index contributed by atoms with van der Waals surface area (Å²) in [6.45, 7) is 6.83. The van der Waals surface area contributed by atoms with Gasteiger partial charge in [0.2, 0.25) is 5.91 Å². The summed E-state index contributed by atoms with van der Waals surface area (Å²) in [6.07, 6.45) is 0.328. The fourth-order valence-corrected chi connectivity index (χ4v) is 2.05. The van der Waals surface area contributed by atoms with E-state index in [4.69, 9.17) is 9.52 Å². The van der Waals surface area contributed by atoms with Crippen LogP contribution in [-0.4, -0.2) is 35.5 Å². The first-order valence-corrected chi connectivity index (χ1v) is 7.08. The quantitative estimate of drug-likeness (QED) is 0.702. The van der Waals surface area contributed by atoms with Crippen LogP contribution in [0.3, 0.4) is 0 Å². The van der Waals surface area contributed by atoms with Gasteiger partial charge in [-0.1, -0.05) is 13.8 Å². The number of carbonyl (C=O) groups is 3. The zero-order valence-electron chi connectivity index (χ0n) is 13.2. The molecule has 0 aliphatic heterocycles. The van der Waals surface area contributed by atoms with Crippen molar-refractivity contribution in [3.8, 4) is 0 Å². The highest BCUT2D eigenvalue weighted by atomic mass is 16.4. The molecule has 0 bridgehead atoms. The van der Waals surface area contributed by atoms with E-state index in [1.54, 1.807) is 19.9 Å². The van der Waals surface area contributed by atoms with E-state index in [1.165, 1.54) is 0 Å². The van der Waals surface area contributed by atoms with Crippen molar-refractivity contribution in [3.05, 3.63) is 23.2 Å². The molecule has 0 aromatic carbocycles. The average Bonchev–Trinajstić information content (AvgIpc) is 2.73. The molecular formula is C15H22N2O5. The summed E-state index contributed by atoms with van der Waals surface area (Å²) < 4.78 is 5.24. The van der Waals surface area contributed by atoms with Gasteiger partial charge in [0.05, 0.1) is 12.1 Å². The molecule has 1 atom stereocenters. The molecule has 1 aromatic heterocycles. The molecule has 3 N–H and O–H groups in total. The summed E-state index contributed by atoms with van der Waals surface area (Å²) in [5, 5.41) is 13.9. The third-order valence-corrected chi connectivity index (χ3v) is 3.04. The number of hydrogen-bond acceptors (Lipinski definition) is 4. The second kappa shape index (κ2) is 7.63. The van der Waals surface area contributed by atoms with Crippen LogP contribution in [0.1, 0.15) is 42.1 Å². The molecule has 0 unspecified atom stereocenters. The lowest BCUT2D eigenvalue weighted by molar-refractivity contribution is -0.142. The molecule has 2 amide bonds. The molecule has 1 aromatic rings. The smallest absolute Gasteiger partial charge is 0.326 e. The number of rotatable bonds is 7. The van der Waals surface area contributed by atoms with Gasteiger partial charge in [0.1, 0.15) is 17.6 Å². The predicted molar refractivity (Wildman–Crippen MR) is 79.5 cm³/mol. The first kappa shape index (κ1) is 17.7. The van der Waals surface area contributed by atoms with Crippen LogP contribution in [0.25, 0.3) is 0 Å². The molecular weight excluding hydrogens is 288 g/mol. The standard InChI is InChI=1S/C15H22N2O5/c1-8(2)5-12(15(20)21)17-13(18)7-16-14(19)11-6-9(3)22-10(11)4/h6,8,12H,5,7H2,1-4H3,(H,16,19)(H,17,18)(H,20,21)/t12-/m0/s1. The summed E-state index contributed by atoms with van der Waals surface area (Å²) in [6, 6.07) is 0.629. The van der Waals surface area contributed by atoms with E-state index in [0.29, 0.717) is 23.5 Å². The van der Waals surface area contributed by atoms with Crippen molar-refractivity contribution in [3.63, 3.8) is 0 Å². The van der Waals surface area contributed by atoms with Crippen LogP contribution >= 0.6 is 0 Å². The minimum absolute atomic E-state index is 0.132. The average molecular weight is 310 g/mol. The number of aliphatic carboxylic acids is 1. The predicted octanol–water partition coefficient (Wildman–Crippen LogP) is 1.24. The fraction of sp³-hybridized carbons (Fsp3) is 0.533. The third kappa shape index (κ3) is 5.23. The second-order valence-corrected chi connectivity index (χ2v) is 5.60. The van der Waals surface area contributed by atoms with E-state index in [2.05, 4.69) is 10.6 Å². The van der Waals surface area contributed by atoms with E-state index in [-0.39, 0.29) is 12.5 Å². The summed E-state index contributed by atoms with van der Waals surface area (Å²) in [5.74, 6) is -0.852.